The van der Waals surface area contributed by atoms with Crippen molar-refractivity contribution >= 4 is 29.3 Å². The van der Waals surface area contributed by atoms with Crippen molar-refractivity contribution in [1.29, 1.82) is 0 Å². The lowest BCUT2D eigenvalue weighted by Crippen LogP contribution is -2.34. The number of aryl methyl sites for hydroxylation is 1. The first kappa shape index (κ1) is 17.8. The minimum absolute atomic E-state index is 0.0985. The van der Waals surface area contributed by atoms with Crippen molar-refractivity contribution in [1.82, 2.24) is 10.3 Å². The highest BCUT2D eigenvalue weighted by Crippen LogP contribution is 2.24. The maximum atomic E-state index is 12.0. The number of rotatable bonds is 7. The van der Waals surface area contributed by atoms with Crippen LogP contribution in [-0.2, 0) is 9.59 Å². The molecule has 126 valence electrons. The third kappa shape index (κ3) is 5.58. The van der Waals surface area contributed by atoms with Gasteiger partial charge in [-0.15, -0.1) is 0 Å². The summed E-state index contributed by atoms with van der Waals surface area (Å²) in [6.45, 7) is 1.82. The molecule has 0 aliphatic heterocycles. The Labute approximate surface area is 145 Å². The van der Waals surface area contributed by atoms with E-state index in [0.29, 0.717) is 11.4 Å². The normalized spacial score (nSPS) is 10.1. The van der Waals surface area contributed by atoms with Crippen LogP contribution in [0.2, 0.25) is 0 Å². The zero-order valence-electron chi connectivity index (χ0n) is 13.5. The van der Waals surface area contributed by atoms with Crippen molar-refractivity contribution in [3.8, 4) is 5.75 Å². The first-order valence-electron chi connectivity index (χ1n) is 7.33. The minimum Gasteiger partial charge on any atom is -0.495 e. The van der Waals surface area contributed by atoms with Crippen molar-refractivity contribution in [3.63, 3.8) is 0 Å². The molecule has 1 aromatic carbocycles. The van der Waals surface area contributed by atoms with Gasteiger partial charge < -0.3 is 15.4 Å². The number of carbonyl (C=O) groups is 2. The Kier molecular flexibility index (Phi) is 6.62. The van der Waals surface area contributed by atoms with Gasteiger partial charge >= 0.3 is 0 Å². The third-order valence-corrected chi connectivity index (χ3v) is 4.01. The molecule has 0 aliphatic rings. The fourth-order valence-corrected chi connectivity index (χ4v) is 2.61. The summed E-state index contributed by atoms with van der Waals surface area (Å²) in [6, 6.07) is 11.0. The number of pyridine rings is 1. The van der Waals surface area contributed by atoms with Gasteiger partial charge in [0.15, 0.2) is 0 Å². The summed E-state index contributed by atoms with van der Waals surface area (Å²) in [4.78, 5) is 27.9. The van der Waals surface area contributed by atoms with E-state index in [4.69, 9.17) is 4.74 Å². The lowest BCUT2D eigenvalue weighted by Gasteiger charge is -2.11. The molecule has 2 rings (SSSR count). The molecule has 2 N–H and O–H groups in total. The summed E-state index contributed by atoms with van der Waals surface area (Å²) in [7, 11) is 1.54. The fraction of sp³-hybridized carbons (Fsp3) is 0.235. The van der Waals surface area contributed by atoms with Crippen molar-refractivity contribution in [2.45, 2.75) is 11.9 Å². The van der Waals surface area contributed by atoms with E-state index in [1.54, 1.807) is 12.3 Å². The van der Waals surface area contributed by atoms with Gasteiger partial charge in [-0.3, -0.25) is 9.59 Å². The predicted molar refractivity (Wildman–Crippen MR) is 94.3 cm³/mol. The van der Waals surface area contributed by atoms with E-state index < -0.39 is 0 Å². The van der Waals surface area contributed by atoms with E-state index in [1.165, 1.54) is 18.9 Å². The molecule has 0 bridgehead atoms. The summed E-state index contributed by atoms with van der Waals surface area (Å²) < 4.78 is 5.20. The third-order valence-electron chi connectivity index (χ3n) is 3.06. The second-order valence-electron chi connectivity index (χ2n) is 4.99. The van der Waals surface area contributed by atoms with Crippen molar-refractivity contribution < 1.29 is 14.3 Å². The molecule has 0 radical (unpaired) electrons. The van der Waals surface area contributed by atoms with Gasteiger partial charge in [-0.1, -0.05) is 23.9 Å². The zero-order chi connectivity index (χ0) is 17.4. The van der Waals surface area contributed by atoms with E-state index in [2.05, 4.69) is 15.6 Å². The number of hydrogen-bond donors (Lipinski definition) is 2. The van der Waals surface area contributed by atoms with Gasteiger partial charge in [-0.05, 0) is 36.8 Å². The smallest absolute Gasteiger partial charge is 0.243 e. The van der Waals surface area contributed by atoms with E-state index in [1.807, 2.05) is 37.3 Å². The number of aromatic nitrogens is 1. The largest absolute Gasteiger partial charge is 0.495 e. The quantitative estimate of drug-likeness (QED) is 0.752. The average molecular weight is 345 g/mol. The van der Waals surface area contributed by atoms with Crippen LogP contribution in [0, 0.1) is 6.92 Å². The number of nitrogens with one attached hydrogen (secondary N) is 2. The number of benzene rings is 1. The molecule has 1 heterocycles. The van der Waals surface area contributed by atoms with Crippen LogP contribution in [0.4, 0.5) is 5.69 Å². The number of hydrogen-bond acceptors (Lipinski definition) is 5. The summed E-state index contributed by atoms with van der Waals surface area (Å²) in [5, 5.41) is 6.08. The van der Waals surface area contributed by atoms with Crippen LogP contribution in [-0.4, -0.2) is 36.2 Å². The lowest BCUT2D eigenvalue weighted by atomic mass is 10.2. The Morgan fingerprint density at radius 3 is 2.75 bits per heavy atom. The molecule has 0 fully saturated rings. The van der Waals surface area contributed by atoms with Crippen LogP contribution in [0.5, 0.6) is 5.75 Å². The SMILES string of the molecule is COc1ccc(C)cc1NC(=O)CNC(=O)CSc1ccccn1. The van der Waals surface area contributed by atoms with Crippen LogP contribution in [0.15, 0.2) is 47.6 Å². The van der Waals surface area contributed by atoms with E-state index in [0.717, 1.165) is 10.6 Å². The van der Waals surface area contributed by atoms with Gasteiger partial charge in [0.2, 0.25) is 11.8 Å². The highest BCUT2D eigenvalue weighted by Gasteiger charge is 2.10. The topological polar surface area (TPSA) is 80.3 Å². The number of carbonyl (C=O) groups excluding carboxylic acids is 2. The van der Waals surface area contributed by atoms with Crippen molar-refractivity contribution in [2.24, 2.45) is 0 Å². The maximum absolute atomic E-state index is 12.0. The Morgan fingerprint density at radius 1 is 1.21 bits per heavy atom. The molecule has 6 nitrogen and oxygen atoms in total. The van der Waals surface area contributed by atoms with Gasteiger partial charge in [0.1, 0.15) is 5.75 Å². The standard InChI is InChI=1S/C17H19N3O3S/c1-12-6-7-14(23-2)13(9-12)20-15(21)10-19-16(22)11-24-17-5-3-4-8-18-17/h3-9H,10-11H2,1-2H3,(H,19,22)(H,20,21). The van der Waals surface area contributed by atoms with Gasteiger partial charge in [-0.2, -0.15) is 0 Å². The van der Waals surface area contributed by atoms with Crippen molar-refractivity contribution in [2.75, 3.05) is 24.7 Å². The number of ether oxygens (including phenoxy) is 1. The van der Waals surface area contributed by atoms with Crippen LogP contribution < -0.4 is 15.4 Å². The zero-order valence-corrected chi connectivity index (χ0v) is 14.4. The molecule has 24 heavy (non-hydrogen) atoms. The Balaban J connectivity index is 1.78. The summed E-state index contributed by atoms with van der Waals surface area (Å²) in [5.41, 5.74) is 1.58. The van der Waals surface area contributed by atoms with Crippen LogP contribution >= 0.6 is 11.8 Å². The van der Waals surface area contributed by atoms with Gasteiger partial charge in [0.05, 0.1) is 30.1 Å². The van der Waals surface area contributed by atoms with Crippen LogP contribution in [0.25, 0.3) is 0 Å². The van der Waals surface area contributed by atoms with Crippen LogP contribution in [0.1, 0.15) is 5.56 Å². The minimum atomic E-state index is -0.310. The number of anilines is 1. The number of thioether (sulfide) groups is 1. The predicted octanol–water partition coefficient (Wildman–Crippen LogP) is 2.25. The second kappa shape index (κ2) is 8.93. The van der Waals surface area contributed by atoms with E-state index in [-0.39, 0.29) is 24.1 Å². The Morgan fingerprint density at radius 2 is 2.04 bits per heavy atom. The molecule has 0 saturated heterocycles. The highest BCUT2D eigenvalue weighted by atomic mass is 32.2. The number of nitrogens with zero attached hydrogens (tertiary/aromatic N) is 1. The molecule has 1 aromatic heterocycles. The molecule has 0 aliphatic carbocycles. The van der Waals surface area contributed by atoms with Gasteiger partial charge in [-0.25, -0.2) is 4.98 Å². The first-order valence-corrected chi connectivity index (χ1v) is 8.32. The van der Waals surface area contributed by atoms with Gasteiger partial charge in [0.25, 0.3) is 0 Å². The average Bonchev–Trinajstić information content (AvgIpc) is 2.59. The second-order valence-corrected chi connectivity index (χ2v) is 5.98. The summed E-state index contributed by atoms with van der Waals surface area (Å²) in [5.74, 6) is 0.246. The van der Waals surface area contributed by atoms with Crippen LogP contribution in [0.3, 0.4) is 0 Å². The summed E-state index contributed by atoms with van der Waals surface area (Å²) >= 11 is 1.32. The molecular formula is C17H19N3O3S. The molecule has 0 atom stereocenters. The monoisotopic (exact) mass is 345 g/mol. The van der Waals surface area contributed by atoms with E-state index in [9.17, 15) is 9.59 Å². The highest BCUT2D eigenvalue weighted by molar-refractivity contribution is 7.99. The lowest BCUT2D eigenvalue weighted by molar-refractivity contribution is -0.122. The molecule has 0 unspecified atom stereocenters. The fourth-order valence-electron chi connectivity index (χ4n) is 1.92. The first-order chi connectivity index (χ1) is 11.6. The molecule has 2 amide bonds. The molecule has 7 heteroatoms. The molecule has 0 spiro atoms. The number of amides is 2. The van der Waals surface area contributed by atoms with Gasteiger partial charge in [0, 0.05) is 6.20 Å². The number of methoxy groups -OCH3 is 1. The molecular weight excluding hydrogens is 326 g/mol. The van der Waals surface area contributed by atoms with E-state index >= 15 is 0 Å². The Bertz CT molecular complexity index is 707. The molecule has 2 aromatic rings. The summed E-state index contributed by atoms with van der Waals surface area (Å²) in [6.07, 6.45) is 1.67. The van der Waals surface area contributed by atoms with Crippen molar-refractivity contribution in [3.05, 3.63) is 48.2 Å². The Hall–Kier alpha value is -2.54. The molecule has 0 saturated carbocycles. The maximum Gasteiger partial charge on any atom is 0.243 e.